The fourth-order valence-corrected chi connectivity index (χ4v) is 6.27. The van der Waals surface area contributed by atoms with E-state index in [0.29, 0.717) is 19.3 Å². The predicted molar refractivity (Wildman–Crippen MR) is 251 cm³/mol. The fourth-order valence-electron chi connectivity index (χ4n) is 6.27. The summed E-state index contributed by atoms with van der Waals surface area (Å²) in [5.41, 5.74) is 0. The van der Waals surface area contributed by atoms with Crippen LogP contribution in [-0.2, 0) is 28.6 Å². The van der Waals surface area contributed by atoms with Gasteiger partial charge in [-0.15, -0.1) is 0 Å². The highest BCUT2D eigenvalue weighted by Crippen LogP contribution is 2.13. The molecule has 1 unspecified atom stereocenters. The zero-order valence-electron chi connectivity index (χ0n) is 38.2. The fraction of sp³-hybridized carbons (Fsp3) is 0.679. The van der Waals surface area contributed by atoms with E-state index in [9.17, 15) is 14.4 Å². The van der Waals surface area contributed by atoms with Gasteiger partial charge in [-0.05, 0) is 89.9 Å². The second-order valence-corrected chi connectivity index (χ2v) is 15.6. The third-order valence-electron chi connectivity index (χ3n) is 9.88. The minimum Gasteiger partial charge on any atom is -0.462 e. The van der Waals surface area contributed by atoms with Gasteiger partial charge in [0.25, 0.3) is 0 Å². The maximum atomic E-state index is 12.7. The van der Waals surface area contributed by atoms with E-state index in [0.717, 1.165) is 77.0 Å². The summed E-state index contributed by atoms with van der Waals surface area (Å²) >= 11 is 0. The molecule has 0 radical (unpaired) electrons. The number of hydrogen-bond acceptors (Lipinski definition) is 6. The minimum atomic E-state index is -0.815. The van der Waals surface area contributed by atoms with Crippen LogP contribution in [0.3, 0.4) is 0 Å². The molecule has 0 rings (SSSR count). The number of ether oxygens (including phenoxy) is 3. The van der Waals surface area contributed by atoms with Gasteiger partial charge in [0.15, 0.2) is 6.10 Å². The lowest BCUT2D eigenvalue weighted by Crippen LogP contribution is -2.30. The lowest BCUT2D eigenvalue weighted by Gasteiger charge is -2.18. The topological polar surface area (TPSA) is 78.9 Å². The Kier molecular flexibility index (Phi) is 44.5. The number of rotatable bonds is 42. The maximum Gasteiger partial charge on any atom is 0.306 e. The van der Waals surface area contributed by atoms with Crippen molar-refractivity contribution < 1.29 is 28.6 Å². The van der Waals surface area contributed by atoms with Crippen molar-refractivity contribution in [3.63, 3.8) is 0 Å². The van der Waals surface area contributed by atoms with E-state index in [4.69, 9.17) is 14.2 Å². The molecule has 0 aliphatic rings. The molecule has 0 aromatic heterocycles. The summed E-state index contributed by atoms with van der Waals surface area (Å²) in [6.07, 6.45) is 60.0. The average Bonchev–Trinajstić information content (AvgIpc) is 3.23. The normalized spacial score (nSPS) is 12.8. The van der Waals surface area contributed by atoms with Crippen LogP contribution in [0, 0.1) is 0 Å². The van der Waals surface area contributed by atoms with E-state index in [1.165, 1.54) is 83.5 Å². The average molecular weight is 821 g/mol. The molecule has 0 spiro atoms. The van der Waals surface area contributed by atoms with E-state index in [2.05, 4.69) is 106 Å². The Morgan fingerprint density at radius 3 is 1.14 bits per heavy atom. The molecule has 0 fully saturated rings. The Balaban J connectivity index is 4.51. The van der Waals surface area contributed by atoms with E-state index in [1.54, 1.807) is 0 Å². The molecule has 0 N–H and O–H groups in total. The van der Waals surface area contributed by atoms with Gasteiger partial charge in [0.1, 0.15) is 13.2 Å². The molecule has 0 saturated carbocycles. The van der Waals surface area contributed by atoms with E-state index in [-0.39, 0.29) is 44.0 Å². The summed E-state index contributed by atoms with van der Waals surface area (Å²) in [7, 11) is 0. The zero-order valence-corrected chi connectivity index (χ0v) is 38.2. The molecule has 0 amide bonds. The monoisotopic (exact) mass is 821 g/mol. The van der Waals surface area contributed by atoms with Crippen molar-refractivity contribution in [1.29, 1.82) is 0 Å². The van der Waals surface area contributed by atoms with Gasteiger partial charge in [0.05, 0.1) is 0 Å². The van der Waals surface area contributed by atoms with Gasteiger partial charge in [0.2, 0.25) is 0 Å². The Hall–Kier alpha value is -3.41. The van der Waals surface area contributed by atoms with Gasteiger partial charge in [-0.25, -0.2) is 0 Å². The lowest BCUT2D eigenvalue weighted by molar-refractivity contribution is -0.167. The van der Waals surface area contributed by atoms with Crippen molar-refractivity contribution in [2.75, 3.05) is 13.2 Å². The number of unbranched alkanes of at least 4 members (excludes halogenated alkanes) is 17. The number of esters is 3. The van der Waals surface area contributed by atoms with Crippen molar-refractivity contribution in [2.24, 2.45) is 0 Å². The molecule has 1 atom stereocenters. The molecule has 0 aromatic rings. The molecule has 0 saturated heterocycles. The Morgan fingerprint density at radius 2 is 0.678 bits per heavy atom. The maximum absolute atomic E-state index is 12.7. The molecule has 6 heteroatoms. The third-order valence-corrected chi connectivity index (χ3v) is 9.88. The van der Waals surface area contributed by atoms with Gasteiger partial charge >= 0.3 is 17.9 Å². The first kappa shape index (κ1) is 55.6. The molecule has 336 valence electrons. The summed E-state index contributed by atoms with van der Waals surface area (Å²) in [6.45, 7) is 6.39. The summed E-state index contributed by atoms with van der Waals surface area (Å²) in [5, 5.41) is 0. The zero-order chi connectivity index (χ0) is 43.0. The molecule has 6 nitrogen and oxygen atoms in total. The second-order valence-electron chi connectivity index (χ2n) is 15.6. The number of carbonyl (C=O) groups excluding carboxylic acids is 3. The van der Waals surface area contributed by atoms with Crippen LogP contribution in [0.25, 0.3) is 0 Å². The first-order valence-electron chi connectivity index (χ1n) is 24.1. The van der Waals surface area contributed by atoms with Crippen LogP contribution >= 0.6 is 0 Å². The molecule has 0 aliphatic heterocycles. The van der Waals surface area contributed by atoms with Crippen molar-refractivity contribution in [3.8, 4) is 0 Å². The van der Waals surface area contributed by atoms with E-state index >= 15 is 0 Å². The highest BCUT2D eigenvalue weighted by molar-refractivity contribution is 5.71. The van der Waals surface area contributed by atoms with Crippen LogP contribution in [-0.4, -0.2) is 37.2 Å². The minimum absolute atomic E-state index is 0.108. The predicted octanol–water partition coefficient (Wildman–Crippen LogP) is 15.6. The smallest absolute Gasteiger partial charge is 0.306 e. The standard InChI is InChI=1S/C53H88O6/c1-4-7-10-13-16-19-22-25-26-27-28-29-32-34-37-40-43-46-52(55)58-49-50(59-53(56)47-44-41-38-35-31-24-21-18-15-12-9-6-3)48-57-51(54)45-42-39-36-33-30-23-20-17-14-11-8-5-2/h9,12,16,18-19,21,25-26,28-29,31,34-35,37,50H,4-8,10-11,13-15,17,20,22-24,27,30,32-33,36,38-49H2,1-3H3/b12-9-,19-16-,21-18-,26-25-,29-28-,35-31-,37-34-. The summed E-state index contributed by atoms with van der Waals surface area (Å²) in [6, 6.07) is 0. The number of carbonyl (C=O) groups is 3. The summed E-state index contributed by atoms with van der Waals surface area (Å²) < 4.78 is 16.7. The van der Waals surface area contributed by atoms with Crippen LogP contribution in [0.15, 0.2) is 85.1 Å². The number of hydrogen-bond donors (Lipinski definition) is 0. The van der Waals surface area contributed by atoms with Crippen LogP contribution < -0.4 is 0 Å². The molecule has 59 heavy (non-hydrogen) atoms. The van der Waals surface area contributed by atoms with Crippen molar-refractivity contribution in [1.82, 2.24) is 0 Å². The quantitative estimate of drug-likeness (QED) is 0.0264. The molecule has 0 aliphatic carbocycles. The van der Waals surface area contributed by atoms with E-state index in [1.807, 2.05) is 0 Å². The Labute approximate surface area is 363 Å². The van der Waals surface area contributed by atoms with Gasteiger partial charge in [-0.2, -0.15) is 0 Å². The van der Waals surface area contributed by atoms with Crippen molar-refractivity contribution in [3.05, 3.63) is 85.1 Å². The highest BCUT2D eigenvalue weighted by atomic mass is 16.6. The lowest BCUT2D eigenvalue weighted by atomic mass is 10.0. The van der Waals surface area contributed by atoms with Crippen LogP contribution in [0.2, 0.25) is 0 Å². The first-order valence-corrected chi connectivity index (χ1v) is 24.1. The summed E-state index contributed by atoms with van der Waals surface area (Å²) in [4.78, 5) is 37.8. The molecular formula is C53H88O6. The Morgan fingerprint density at radius 1 is 0.356 bits per heavy atom. The van der Waals surface area contributed by atoms with Gasteiger partial charge in [-0.3, -0.25) is 14.4 Å². The van der Waals surface area contributed by atoms with Crippen molar-refractivity contribution >= 4 is 17.9 Å². The third kappa shape index (κ3) is 45.5. The molecule has 0 heterocycles. The molecular weight excluding hydrogens is 733 g/mol. The van der Waals surface area contributed by atoms with Gasteiger partial charge in [0, 0.05) is 19.3 Å². The highest BCUT2D eigenvalue weighted by Gasteiger charge is 2.19. The van der Waals surface area contributed by atoms with Crippen molar-refractivity contribution in [2.45, 2.75) is 219 Å². The van der Waals surface area contributed by atoms with E-state index < -0.39 is 6.10 Å². The first-order chi connectivity index (χ1) is 29.0. The summed E-state index contributed by atoms with van der Waals surface area (Å²) in [5.74, 6) is -1.01. The Bertz CT molecular complexity index is 1170. The van der Waals surface area contributed by atoms with Gasteiger partial charge in [-0.1, -0.05) is 189 Å². The second kappa shape index (κ2) is 47.3. The number of allylic oxidation sites excluding steroid dienone is 14. The molecule has 0 aromatic carbocycles. The SMILES string of the molecule is CC/C=C\C/C=C\C/C=C\CCCCC(=O)OC(COC(=O)CCC/C=C\C/C=C\C/C=C\C/C=C\CCCCC)COC(=O)CCCCCCCCCCCCCC. The molecule has 0 bridgehead atoms. The van der Waals surface area contributed by atoms with Crippen LogP contribution in [0.1, 0.15) is 213 Å². The van der Waals surface area contributed by atoms with Crippen LogP contribution in [0.5, 0.6) is 0 Å². The van der Waals surface area contributed by atoms with Crippen LogP contribution in [0.4, 0.5) is 0 Å². The largest absolute Gasteiger partial charge is 0.462 e. The van der Waals surface area contributed by atoms with Gasteiger partial charge < -0.3 is 14.2 Å².